The Morgan fingerprint density at radius 3 is 1.90 bits per heavy atom. The predicted molar refractivity (Wildman–Crippen MR) is 120 cm³/mol. The first-order valence-corrected chi connectivity index (χ1v) is 11.4. The zero-order valence-corrected chi connectivity index (χ0v) is 18.9. The molecular formula is C25H28FO3Si. The predicted octanol–water partition coefficient (Wildman–Crippen LogP) is 4.24. The minimum atomic E-state index is -1.57. The fourth-order valence-electron chi connectivity index (χ4n) is 3.44. The smallest absolute Gasteiger partial charge is 0.283 e. The van der Waals surface area contributed by atoms with Crippen LogP contribution in [0, 0.1) is 11.2 Å². The van der Waals surface area contributed by atoms with E-state index >= 15 is 0 Å². The molecule has 0 aliphatic heterocycles. The normalized spacial score (nSPS) is 12.8. The van der Waals surface area contributed by atoms with E-state index in [9.17, 15) is 9.50 Å². The molecule has 1 N–H and O–H groups in total. The molecule has 3 rings (SSSR count). The molecule has 0 spiro atoms. The van der Waals surface area contributed by atoms with Gasteiger partial charge in [0.15, 0.2) is 11.6 Å². The number of ether oxygens (including phenoxy) is 1. The van der Waals surface area contributed by atoms with Gasteiger partial charge < -0.3 is 14.3 Å². The summed E-state index contributed by atoms with van der Waals surface area (Å²) in [5.74, 6) is -0.421. The molecule has 0 amide bonds. The van der Waals surface area contributed by atoms with Crippen molar-refractivity contribution in [3.8, 4) is 5.75 Å². The van der Waals surface area contributed by atoms with Crippen LogP contribution in [0.2, 0.25) is 0 Å². The van der Waals surface area contributed by atoms with Gasteiger partial charge in [-0.05, 0) is 33.5 Å². The summed E-state index contributed by atoms with van der Waals surface area (Å²) < 4.78 is 26.6. The molecule has 0 aliphatic carbocycles. The minimum absolute atomic E-state index is 0.114. The highest BCUT2D eigenvalue weighted by Crippen LogP contribution is 2.39. The lowest BCUT2D eigenvalue weighted by atomic mass is 9.84. The number of aliphatic hydroxyl groups is 1. The molecule has 0 fully saturated rings. The fraction of sp³-hybridized carbons (Fsp3) is 0.280. The molecule has 0 saturated heterocycles. The maximum absolute atomic E-state index is 14.5. The Hall–Kier alpha value is -2.47. The molecular weight excluding hydrogens is 395 g/mol. The van der Waals surface area contributed by atoms with E-state index in [1.54, 1.807) is 12.1 Å². The van der Waals surface area contributed by atoms with Crippen LogP contribution < -0.4 is 15.1 Å². The third-order valence-corrected chi connectivity index (χ3v) is 7.11. The molecule has 0 aliphatic rings. The summed E-state index contributed by atoms with van der Waals surface area (Å²) in [6, 6.07) is 23.8. The van der Waals surface area contributed by atoms with Crippen molar-refractivity contribution in [1.29, 1.82) is 0 Å². The number of benzene rings is 3. The third-order valence-electron chi connectivity index (χ3n) is 4.92. The molecule has 0 heterocycles. The lowest BCUT2D eigenvalue weighted by molar-refractivity contribution is 0.0891. The van der Waals surface area contributed by atoms with Crippen molar-refractivity contribution in [3.63, 3.8) is 0 Å². The Balaban J connectivity index is 2.10. The van der Waals surface area contributed by atoms with Gasteiger partial charge in [-0.3, -0.25) is 0 Å². The third kappa shape index (κ3) is 4.98. The average Bonchev–Trinajstić information content (AvgIpc) is 2.75. The maximum Gasteiger partial charge on any atom is 0.283 e. The average molecular weight is 424 g/mol. The van der Waals surface area contributed by atoms with Crippen molar-refractivity contribution in [2.24, 2.45) is 5.41 Å². The Morgan fingerprint density at radius 1 is 0.933 bits per heavy atom. The van der Waals surface area contributed by atoms with Crippen molar-refractivity contribution < 1.29 is 18.7 Å². The van der Waals surface area contributed by atoms with Crippen molar-refractivity contribution in [3.05, 3.63) is 89.7 Å². The first-order valence-electron chi connectivity index (χ1n) is 9.96. The highest BCUT2D eigenvalue weighted by Gasteiger charge is 2.33. The van der Waals surface area contributed by atoms with E-state index in [0.29, 0.717) is 0 Å². The summed E-state index contributed by atoms with van der Waals surface area (Å²) >= 11 is 0. The first kappa shape index (κ1) is 22.2. The fourth-order valence-corrected chi connectivity index (χ4v) is 5.76. The second-order valence-electron chi connectivity index (χ2n) is 8.28. The number of methoxy groups -OCH3 is 1. The summed E-state index contributed by atoms with van der Waals surface area (Å²) in [6.45, 7) is 5.90. The molecule has 30 heavy (non-hydrogen) atoms. The number of halogens is 1. The zero-order chi connectivity index (χ0) is 21.7. The Labute approximate surface area is 179 Å². The van der Waals surface area contributed by atoms with Gasteiger partial charge in [-0.25, -0.2) is 4.39 Å². The van der Waals surface area contributed by atoms with E-state index in [0.717, 1.165) is 15.9 Å². The Morgan fingerprint density at radius 2 is 1.47 bits per heavy atom. The van der Waals surface area contributed by atoms with E-state index in [-0.39, 0.29) is 22.8 Å². The monoisotopic (exact) mass is 423 g/mol. The van der Waals surface area contributed by atoms with E-state index in [1.807, 2.05) is 36.4 Å². The van der Waals surface area contributed by atoms with Gasteiger partial charge in [0.05, 0.1) is 19.8 Å². The topological polar surface area (TPSA) is 38.7 Å². The number of hydrogen-bond acceptors (Lipinski definition) is 3. The second-order valence-corrected chi connectivity index (χ2v) is 10.3. The van der Waals surface area contributed by atoms with E-state index in [4.69, 9.17) is 9.16 Å². The largest absolute Gasteiger partial charge is 0.494 e. The zero-order valence-electron chi connectivity index (χ0n) is 17.9. The molecule has 3 aromatic rings. The molecule has 0 bridgehead atoms. The molecule has 1 unspecified atom stereocenters. The van der Waals surface area contributed by atoms with Crippen LogP contribution in [0.3, 0.4) is 0 Å². The second kappa shape index (κ2) is 9.56. The van der Waals surface area contributed by atoms with Crippen molar-refractivity contribution in [2.45, 2.75) is 33.5 Å². The van der Waals surface area contributed by atoms with Gasteiger partial charge in [0.1, 0.15) is 0 Å². The van der Waals surface area contributed by atoms with Gasteiger partial charge in [0, 0.05) is 5.56 Å². The highest BCUT2D eigenvalue weighted by molar-refractivity contribution is 6.80. The lowest BCUT2D eigenvalue weighted by Gasteiger charge is -2.35. The summed E-state index contributed by atoms with van der Waals surface area (Å²) in [7, 11) is -0.144. The van der Waals surface area contributed by atoms with Gasteiger partial charge in [-0.2, -0.15) is 0 Å². The summed E-state index contributed by atoms with van der Waals surface area (Å²) in [4.78, 5) is 0. The summed E-state index contributed by atoms with van der Waals surface area (Å²) in [5, 5.41) is 11.9. The van der Waals surface area contributed by atoms with Crippen LogP contribution in [-0.2, 0) is 11.0 Å². The van der Waals surface area contributed by atoms with Gasteiger partial charge in [-0.15, -0.1) is 0 Å². The van der Waals surface area contributed by atoms with Crippen LogP contribution in [0.4, 0.5) is 4.39 Å². The van der Waals surface area contributed by atoms with Crippen LogP contribution in [0.25, 0.3) is 0 Å². The summed E-state index contributed by atoms with van der Waals surface area (Å²) in [6.07, 6.45) is -0.327. The van der Waals surface area contributed by atoms with Crippen LogP contribution in [0.5, 0.6) is 5.75 Å². The van der Waals surface area contributed by atoms with E-state index in [2.05, 4.69) is 45.0 Å². The Kier molecular flexibility index (Phi) is 7.08. The van der Waals surface area contributed by atoms with Crippen LogP contribution >= 0.6 is 0 Å². The van der Waals surface area contributed by atoms with Crippen molar-refractivity contribution >= 4 is 19.4 Å². The first-order chi connectivity index (χ1) is 14.3. The van der Waals surface area contributed by atoms with Gasteiger partial charge in [0.2, 0.25) is 0 Å². The molecule has 0 aromatic heterocycles. The molecule has 1 atom stereocenters. The minimum Gasteiger partial charge on any atom is -0.494 e. The molecule has 5 heteroatoms. The van der Waals surface area contributed by atoms with Gasteiger partial charge in [-0.1, -0.05) is 81.4 Å². The number of rotatable bonds is 7. The number of hydrogen-bond donors (Lipinski definition) is 1. The van der Waals surface area contributed by atoms with Crippen molar-refractivity contribution in [1.82, 2.24) is 0 Å². The lowest BCUT2D eigenvalue weighted by Crippen LogP contribution is -2.47. The molecule has 0 saturated carbocycles. The molecule has 3 nitrogen and oxygen atoms in total. The Bertz CT molecular complexity index is 891. The van der Waals surface area contributed by atoms with Gasteiger partial charge in [0.25, 0.3) is 9.04 Å². The van der Waals surface area contributed by atoms with Crippen LogP contribution in [-0.4, -0.2) is 21.3 Å². The van der Waals surface area contributed by atoms with Crippen LogP contribution in [0.15, 0.2) is 72.8 Å². The molecule has 157 valence electrons. The molecule has 1 radical (unpaired) electrons. The summed E-state index contributed by atoms with van der Waals surface area (Å²) in [5.41, 5.74) is 0.726. The number of aliphatic hydroxyl groups excluding tert-OH is 1. The SMILES string of the molecule is COc1cc(C(O[Si](c2ccccc2)c2ccccc2)C(C)(C)C)cc(CO)c1F. The maximum atomic E-state index is 14.5. The molecule has 3 aromatic carbocycles. The van der Waals surface area contributed by atoms with E-state index in [1.165, 1.54) is 7.11 Å². The quantitative estimate of drug-likeness (QED) is 0.578. The van der Waals surface area contributed by atoms with Gasteiger partial charge >= 0.3 is 0 Å². The van der Waals surface area contributed by atoms with Crippen LogP contribution in [0.1, 0.15) is 38.0 Å². The highest BCUT2D eigenvalue weighted by atomic mass is 28.3. The van der Waals surface area contributed by atoms with Crippen molar-refractivity contribution in [2.75, 3.05) is 7.11 Å². The standard InChI is InChI=1S/C25H28FO3Si/c1-25(2,3)24(18-15-19(17-27)23(26)22(16-18)28-4)29-30(20-11-7-5-8-12-20)21-13-9-6-10-14-21/h5-16,24,27H,17H2,1-4H3. The van der Waals surface area contributed by atoms with E-state index < -0.39 is 21.5 Å².